The Balaban J connectivity index is 1.58. The van der Waals surface area contributed by atoms with Gasteiger partial charge in [0.05, 0.1) is 0 Å². The Morgan fingerprint density at radius 2 is 1.81 bits per heavy atom. The normalized spacial score (nSPS) is 15.7. The van der Waals surface area contributed by atoms with Crippen molar-refractivity contribution in [2.24, 2.45) is 0 Å². The van der Waals surface area contributed by atoms with E-state index in [1.807, 2.05) is 56.3 Å². The van der Waals surface area contributed by atoms with Gasteiger partial charge in [-0.25, -0.2) is 9.18 Å². The molecule has 1 aliphatic heterocycles. The summed E-state index contributed by atoms with van der Waals surface area (Å²) in [5.74, 6) is -0.317. The quantitative estimate of drug-likeness (QED) is 0.410. The third-order valence-corrected chi connectivity index (χ3v) is 6.25. The fraction of sp³-hybridized carbons (Fsp3) is 0.192. The number of carbonyl (C=O) groups is 1. The molecule has 2 amide bonds. The Labute approximate surface area is 180 Å². The number of nitrogens with zero attached hydrogens (tertiary/aromatic N) is 1. The van der Waals surface area contributed by atoms with Crippen molar-refractivity contribution in [2.45, 2.75) is 26.3 Å². The molecular weight excluding hydrogens is 389 g/mol. The van der Waals surface area contributed by atoms with E-state index in [0.29, 0.717) is 18.5 Å². The van der Waals surface area contributed by atoms with Gasteiger partial charge in [-0.3, -0.25) is 0 Å². The van der Waals surface area contributed by atoms with Gasteiger partial charge in [-0.05, 0) is 61.2 Å². The van der Waals surface area contributed by atoms with Crippen LogP contribution in [0, 0.1) is 19.7 Å². The second-order valence-electron chi connectivity index (χ2n) is 8.16. The maximum absolute atomic E-state index is 14.9. The van der Waals surface area contributed by atoms with Gasteiger partial charge in [-0.15, -0.1) is 0 Å². The number of hydrogen-bond acceptors (Lipinski definition) is 1. The number of H-pyrrole nitrogens is 1. The molecule has 0 bridgehead atoms. The molecule has 5 rings (SSSR count). The van der Waals surface area contributed by atoms with Gasteiger partial charge in [0.2, 0.25) is 0 Å². The van der Waals surface area contributed by atoms with E-state index >= 15 is 0 Å². The van der Waals surface area contributed by atoms with Crippen molar-refractivity contribution in [3.05, 3.63) is 100 Å². The van der Waals surface area contributed by atoms with E-state index < -0.39 is 6.04 Å². The van der Waals surface area contributed by atoms with Crippen LogP contribution in [0.5, 0.6) is 0 Å². The number of nitrogens with one attached hydrogen (secondary N) is 2. The minimum atomic E-state index is -0.524. The number of fused-ring (bicyclic) bond motifs is 3. The molecule has 1 atom stereocenters. The predicted octanol–water partition coefficient (Wildman–Crippen LogP) is 6.10. The highest BCUT2D eigenvalue weighted by Crippen LogP contribution is 2.39. The first-order valence-electron chi connectivity index (χ1n) is 10.5. The minimum Gasteiger partial charge on any atom is -0.356 e. The largest absolute Gasteiger partial charge is 0.356 e. The molecule has 4 nitrogen and oxygen atoms in total. The van der Waals surface area contributed by atoms with Crippen molar-refractivity contribution in [1.29, 1.82) is 0 Å². The molecule has 31 heavy (non-hydrogen) atoms. The number of anilines is 1. The topological polar surface area (TPSA) is 48.1 Å². The van der Waals surface area contributed by atoms with Gasteiger partial charge in [0.1, 0.15) is 11.9 Å². The fourth-order valence-electron chi connectivity index (χ4n) is 4.49. The Kier molecular flexibility index (Phi) is 4.74. The number of carbonyl (C=O) groups excluding carboxylic acids is 1. The number of amides is 2. The lowest BCUT2D eigenvalue weighted by atomic mass is 9.92. The molecule has 0 aliphatic carbocycles. The van der Waals surface area contributed by atoms with Crippen molar-refractivity contribution in [2.75, 3.05) is 11.9 Å². The molecule has 5 heteroatoms. The second kappa shape index (κ2) is 7.58. The molecule has 4 aromatic rings. The number of urea groups is 1. The summed E-state index contributed by atoms with van der Waals surface area (Å²) in [6, 6.07) is 19.9. The van der Waals surface area contributed by atoms with E-state index in [-0.39, 0.29) is 11.8 Å². The summed E-state index contributed by atoms with van der Waals surface area (Å²) in [5.41, 5.74) is 6.55. The zero-order valence-corrected chi connectivity index (χ0v) is 17.6. The summed E-state index contributed by atoms with van der Waals surface area (Å²) in [5, 5.41) is 4.15. The molecule has 3 aromatic carbocycles. The number of para-hydroxylation sites is 1. The standard InChI is InChI=1S/C26H24FN3O/c1-16-11-12-18(15-17(16)2)28-26(31)30-14-13-20-19-7-4-6-10-23(19)29-24(20)25(30)21-8-3-5-9-22(21)27/h3-12,15,25,29H,13-14H2,1-2H3,(H,28,31)/t25-/m1/s1. The molecule has 2 N–H and O–H groups in total. The highest BCUT2D eigenvalue weighted by Gasteiger charge is 2.36. The predicted molar refractivity (Wildman–Crippen MR) is 122 cm³/mol. The minimum absolute atomic E-state index is 0.235. The van der Waals surface area contributed by atoms with Crippen molar-refractivity contribution in [3.63, 3.8) is 0 Å². The van der Waals surface area contributed by atoms with Crippen LogP contribution in [0.15, 0.2) is 66.7 Å². The van der Waals surface area contributed by atoms with E-state index in [0.717, 1.165) is 33.4 Å². The fourth-order valence-corrected chi connectivity index (χ4v) is 4.49. The van der Waals surface area contributed by atoms with Gasteiger partial charge >= 0.3 is 6.03 Å². The maximum atomic E-state index is 14.9. The van der Waals surface area contributed by atoms with Crippen LogP contribution in [0.1, 0.15) is 34.0 Å². The van der Waals surface area contributed by atoms with Crippen LogP contribution < -0.4 is 5.32 Å². The lowest BCUT2D eigenvalue weighted by Crippen LogP contribution is -2.43. The smallest absolute Gasteiger partial charge is 0.322 e. The van der Waals surface area contributed by atoms with Crippen LogP contribution in [0.3, 0.4) is 0 Å². The highest BCUT2D eigenvalue weighted by atomic mass is 19.1. The van der Waals surface area contributed by atoms with Crippen molar-refractivity contribution in [3.8, 4) is 0 Å². The van der Waals surface area contributed by atoms with Crippen LogP contribution >= 0.6 is 0 Å². The highest BCUT2D eigenvalue weighted by molar-refractivity contribution is 5.91. The van der Waals surface area contributed by atoms with Gasteiger partial charge < -0.3 is 15.2 Å². The molecule has 0 spiro atoms. The average molecular weight is 413 g/mol. The lowest BCUT2D eigenvalue weighted by Gasteiger charge is -2.36. The molecule has 0 fully saturated rings. The van der Waals surface area contributed by atoms with Crippen LogP contribution in [0.25, 0.3) is 10.9 Å². The molecule has 0 saturated carbocycles. The van der Waals surface area contributed by atoms with Gasteiger partial charge in [-0.1, -0.05) is 42.5 Å². The lowest BCUT2D eigenvalue weighted by molar-refractivity contribution is 0.192. The maximum Gasteiger partial charge on any atom is 0.322 e. The molecule has 2 heterocycles. The van der Waals surface area contributed by atoms with E-state index in [2.05, 4.69) is 16.4 Å². The van der Waals surface area contributed by atoms with Crippen molar-refractivity contribution >= 4 is 22.6 Å². The number of benzene rings is 3. The van der Waals surface area contributed by atoms with Crippen molar-refractivity contribution in [1.82, 2.24) is 9.88 Å². The average Bonchev–Trinajstić information content (AvgIpc) is 3.15. The number of aryl methyl sites for hydroxylation is 2. The third kappa shape index (κ3) is 3.36. The van der Waals surface area contributed by atoms with Gasteiger partial charge in [-0.2, -0.15) is 0 Å². The molecule has 0 unspecified atom stereocenters. The molecule has 0 saturated heterocycles. The summed E-state index contributed by atoms with van der Waals surface area (Å²) in [6.45, 7) is 4.56. The first-order valence-corrected chi connectivity index (χ1v) is 10.5. The molecule has 0 radical (unpaired) electrons. The van der Waals surface area contributed by atoms with E-state index in [9.17, 15) is 9.18 Å². The van der Waals surface area contributed by atoms with Crippen LogP contribution in [0.2, 0.25) is 0 Å². The van der Waals surface area contributed by atoms with E-state index in [1.54, 1.807) is 17.0 Å². The summed E-state index contributed by atoms with van der Waals surface area (Å²) >= 11 is 0. The van der Waals surface area contributed by atoms with Crippen LogP contribution in [-0.2, 0) is 6.42 Å². The number of rotatable bonds is 2. The van der Waals surface area contributed by atoms with Crippen molar-refractivity contribution < 1.29 is 9.18 Å². The Morgan fingerprint density at radius 3 is 2.61 bits per heavy atom. The number of halogens is 1. The summed E-state index contributed by atoms with van der Waals surface area (Å²) in [4.78, 5) is 18.6. The first-order chi connectivity index (χ1) is 15.0. The van der Waals surface area contributed by atoms with Gasteiger partial charge in [0.25, 0.3) is 0 Å². The van der Waals surface area contributed by atoms with Gasteiger partial charge in [0.15, 0.2) is 0 Å². The molecule has 156 valence electrons. The van der Waals surface area contributed by atoms with Crippen LogP contribution in [-0.4, -0.2) is 22.5 Å². The third-order valence-electron chi connectivity index (χ3n) is 6.25. The molecule has 1 aromatic heterocycles. The summed E-state index contributed by atoms with van der Waals surface area (Å²) in [7, 11) is 0. The first kappa shape index (κ1) is 19.4. The number of aromatic amines is 1. The SMILES string of the molecule is Cc1ccc(NC(=O)N2CCc3c([nH]c4ccccc34)[C@H]2c2ccccc2F)cc1C. The number of hydrogen-bond donors (Lipinski definition) is 2. The van der Waals surface area contributed by atoms with E-state index in [4.69, 9.17) is 0 Å². The van der Waals surface area contributed by atoms with E-state index in [1.165, 1.54) is 11.6 Å². The Bertz CT molecular complexity index is 1290. The van der Waals surface area contributed by atoms with Gasteiger partial charge in [0, 0.05) is 34.4 Å². The Hall–Kier alpha value is -3.60. The van der Waals surface area contributed by atoms with Crippen LogP contribution in [0.4, 0.5) is 14.9 Å². The Morgan fingerprint density at radius 1 is 1.03 bits per heavy atom. The summed E-state index contributed by atoms with van der Waals surface area (Å²) < 4.78 is 14.9. The molecule has 1 aliphatic rings. The molecular formula is C26H24FN3O. The second-order valence-corrected chi connectivity index (χ2v) is 8.16. The summed E-state index contributed by atoms with van der Waals surface area (Å²) in [6.07, 6.45) is 0.713. The zero-order chi connectivity index (χ0) is 21.5. The zero-order valence-electron chi connectivity index (χ0n) is 17.6. The monoisotopic (exact) mass is 413 g/mol. The number of aromatic nitrogens is 1.